The third kappa shape index (κ3) is 3.25. The van der Waals surface area contributed by atoms with Crippen molar-refractivity contribution in [1.82, 2.24) is 4.98 Å². The zero-order chi connectivity index (χ0) is 14.8. The van der Waals surface area contributed by atoms with Crippen molar-refractivity contribution in [3.63, 3.8) is 0 Å². The first-order chi connectivity index (χ1) is 9.36. The van der Waals surface area contributed by atoms with Crippen molar-refractivity contribution in [2.24, 2.45) is 0 Å². The van der Waals surface area contributed by atoms with Gasteiger partial charge >= 0.3 is 12.1 Å². The largest absolute Gasteiger partial charge is 0.477 e. The van der Waals surface area contributed by atoms with E-state index in [-0.39, 0.29) is 5.69 Å². The predicted octanol–water partition coefficient (Wildman–Crippen LogP) is 3.54. The third-order valence-electron chi connectivity index (χ3n) is 2.48. The highest BCUT2D eigenvalue weighted by Crippen LogP contribution is 2.30. The Morgan fingerprint density at radius 3 is 2.10 bits per heavy atom. The lowest BCUT2D eigenvalue weighted by atomic mass is 10.2. The summed E-state index contributed by atoms with van der Waals surface area (Å²) >= 11 is 0. The Hall–Kier alpha value is -2.57. The summed E-state index contributed by atoms with van der Waals surface area (Å²) < 4.78 is 37.1. The summed E-state index contributed by atoms with van der Waals surface area (Å²) in [5.74, 6) is -1.15. The fourth-order valence-electron chi connectivity index (χ4n) is 1.50. The smallest absolute Gasteiger partial charge is 0.416 e. The summed E-state index contributed by atoms with van der Waals surface area (Å²) in [6.45, 7) is 0. The highest BCUT2D eigenvalue weighted by Gasteiger charge is 2.29. The molecule has 1 heterocycles. The van der Waals surface area contributed by atoms with E-state index in [1.165, 1.54) is 30.5 Å². The molecule has 0 amide bonds. The molecule has 2 rings (SSSR count). The standard InChI is InChI=1S/C13H9F3N2O2/c14-13(15,16)8-1-3-9(4-2-8)18-10-5-6-11(12(19)20)17-7-10/h1-7,18H,(H,19,20). The minimum Gasteiger partial charge on any atom is -0.477 e. The van der Waals surface area contributed by atoms with Gasteiger partial charge in [0.1, 0.15) is 5.69 Å². The van der Waals surface area contributed by atoms with Gasteiger partial charge in [0.05, 0.1) is 17.4 Å². The molecule has 0 saturated carbocycles. The van der Waals surface area contributed by atoms with Gasteiger partial charge in [-0.05, 0) is 36.4 Å². The van der Waals surface area contributed by atoms with Crippen molar-refractivity contribution in [3.8, 4) is 0 Å². The molecule has 0 aliphatic rings. The molecule has 0 saturated heterocycles. The molecule has 7 heteroatoms. The molecule has 0 radical (unpaired) electrons. The van der Waals surface area contributed by atoms with Crippen molar-refractivity contribution in [2.45, 2.75) is 6.18 Å². The first-order valence-corrected chi connectivity index (χ1v) is 5.50. The van der Waals surface area contributed by atoms with Crippen LogP contribution in [0.15, 0.2) is 42.6 Å². The van der Waals surface area contributed by atoms with E-state index in [0.29, 0.717) is 11.4 Å². The molecule has 0 aliphatic heterocycles. The Kier molecular flexibility index (Phi) is 3.60. The molecular weight excluding hydrogens is 273 g/mol. The van der Waals surface area contributed by atoms with Crippen LogP contribution in [-0.4, -0.2) is 16.1 Å². The van der Waals surface area contributed by atoms with Gasteiger partial charge in [0.2, 0.25) is 0 Å². The Morgan fingerprint density at radius 1 is 1.05 bits per heavy atom. The molecule has 1 aromatic carbocycles. The molecule has 1 aromatic heterocycles. The van der Waals surface area contributed by atoms with Crippen LogP contribution in [0.4, 0.5) is 24.5 Å². The number of carboxylic acids is 1. The predicted molar refractivity (Wildman–Crippen MR) is 65.9 cm³/mol. The number of rotatable bonds is 3. The monoisotopic (exact) mass is 282 g/mol. The van der Waals surface area contributed by atoms with Gasteiger partial charge < -0.3 is 10.4 Å². The summed E-state index contributed by atoms with van der Waals surface area (Å²) in [6.07, 6.45) is -3.08. The average molecular weight is 282 g/mol. The van der Waals surface area contributed by atoms with Crippen molar-refractivity contribution >= 4 is 17.3 Å². The second kappa shape index (κ2) is 5.20. The molecule has 0 spiro atoms. The summed E-state index contributed by atoms with van der Waals surface area (Å²) in [5.41, 5.74) is 0.0861. The van der Waals surface area contributed by atoms with Gasteiger partial charge in [0, 0.05) is 5.69 Å². The van der Waals surface area contributed by atoms with Gasteiger partial charge in [-0.3, -0.25) is 0 Å². The molecule has 2 aromatic rings. The van der Waals surface area contributed by atoms with Gasteiger partial charge in [-0.25, -0.2) is 9.78 Å². The fourth-order valence-corrected chi connectivity index (χ4v) is 1.50. The van der Waals surface area contributed by atoms with Gasteiger partial charge in [-0.1, -0.05) is 0 Å². The number of halogens is 3. The maximum Gasteiger partial charge on any atom is 0.416 e. The number of aromatic nitrogens is 1. The molecule has 0 fully saturated rings. The Labute approximate surface area is 111 Å². The third-order valence-corrected chi connectivity index (χ3v) is 2.48. The normalized spacial score (nSPS) is 11.2. The van der Waals surface area contributed by atoms with E-state index >= 15 is 0 Å². The van der Waals surface area contributed by atoms with Gasteiger partial charge in [-0.15, -0.1) is 0 Å². The number of benzene rings is 1. The lowest BCUT2D eigenvalue weighted by molar-refractivity contribution is -0.137. The number of carbonyl (C=O) groups is 1. The van der Waals surface area contributed by atoms with Crippen molar-refractivity contribution in [1.29, 1.82) is 0 Å². The van der Waals surface area contributed by atoms with Crippen LogP contribution in [0.3, 0.4) is 0 Å². The lowest BCUT2D eigenvalue weighted by Gasteiger charge is -2.09. The summed E-state index contributed by atoms with van der Waals surface area (Å²) in [6, 6.07) is 7.27. The van der Waals surface area contributed by atoms with E-state index in [4.69, 9.17) is 5.11 Å². The molecule has 104 valence electrons. The van der Waals surface area contributed by atoms with Crippen LogP contribution in [0.25, 0.3) is 0 Å². The van der Waals surface area contributed by atoms with E-state index in [9.17, 15) is 18.0 Å². The van der Waals surface area contributed by atoms with E-state index in [1.54, 1.807) is 0 Å². The summed E-state index contributed by atoms with van der Waals surface area (Å²) in [5, 5.41) is 11.5. The van der Waals surface area contributed by atoms with Crippen molar-refractivity contribution in [2.75, 3.05) is 5.32 Å². The average Bonchev–Trinajstić information content (AvgIpc) is 2.39. The number of nitrogens with one attached hydrogen (secondary N) is 1. The quantitative estimate of drug-likeness (QED) is 0.903. The SMILES string of the molecule is O=C(O)c1ccc(Nc2ccc(C(F)(F)F)cc2)cn1. The van der Waals surface area contributed by atoms with Gasteiger partial charge in [0.25, 0.3) is 0 Å². The molecule has 0 aliphatic carbocycles. The first-order valence-electron chi connectivity index (χ1n) is 5.50. The first kappa shape index (κ1) is 13.9. The number of nitrogens with zero attached hydrogens (tertiary/aromatic N) is 1. The lowest BCUT2D eigenvalue weighted by Crippen LogP contribution is -2.04. The number of anilines is 2. The molecule has 0 unspecified atom stereocenters. The maximum absolute atomic E-state index is 12.4. The van der Waals surface area contributed by atoms with Crippen LogP contribution in [0.2, 0.25) is 0 Å². The fraction of sp³-hybridized carbons (Fsp3) is 0.0769. The number of aromatic carboxylic acids is 1. The van der Waals surface area contributed by atoms with Crippen LogP contribution in [0.5, 0.6) is 0 Å². The zero-order valence-electron chi connectivity index (χ0n) is 9.98. The van der Waals surface area contributed by atoms with Crippen molar-refractivity contribution in [3.05, 3.63) is 53.9 Å². The van der Waals surface area contributed by atoms with Crippen LogP contribution in [0.1, 0.15) is 16.1 Å². The highest BCUT2D eigenvalue weighted by molar-refractivity contribution is 5.85. The molecule has 20 heavy (non-hydrogen) atoms. The second-order valence-electron chi connectivity index (χ2n) is 3.94. The van der Waals surface area contributed by atoms with Gasteiger partial charge in [0.15, 0.2) is 0 Å². The van der Waals surface area contributed by atoms with Crippen LogP contribution >= 0.6 is 0 Å². The second-order valence-corrected chi connectivity index (χ2v) is 3.94. The number of pyridine rings is 1. The molecule has 0 bridgehead atoms. The number of carboxylic acid groups (broad SMARTS) is 1. The van der Waals surface area contributed by atoms with Gasteiger partial charge in [-0.2, -0.15) is 13.2 Å². The summed E-state index contributed by atoms with van der Waals surface area (Å²) in [4.78, 5) is 14.3. The molecule has 0 atom stereocenters. The Balaban J connectivity index is 2.12. The zero-order valence-corrected chi connectivity index (χ0v) is 9.98. The summed E-state index contributed by atoms with van der Waals surface area (Å²) in [7, 11) is 0. The number of hydrogen-bond acceptors (Lipinski definition) is 3. The van der Waals surface area contributed by atoms with E-state index in [2.05, 4.69) is 10.3 Å². The number of alkyl halides is 3. The van der Waals surface area contributed by atoms with Crippen LogP contribution in [0, 0.1) is 0 Å². The Morgan fingerprint density at radius 2 is 1.65 bits per heavy atom. The minimum absolute atomic E-state index is 0.108. The molecule has 4 nitrogen and oxygen atoms in total. The topological polar surface area (TPSA) is 62.2 Å². The minimum atomic E-state index is -4.37. The van der Waals surface area contributed by atoms with E-state index < -0.39 is 17.7 Å². The van der Waals surface area contributed by atoms with Crippen LogP contribution < -0.4 is 5.32 Å². The van der Waals surface area contributed by atoms with Crippen molar-refractivity contribution < 1.29 is 23.1 Å². The number of hydrogen-bond donors (Lipinski definition) is 2. The van der Waals surface area contributed by atoms with E-state index in [1.807, 2.05) is 0 Å². The van der Waals surface area contributed by atoms with E-state index in [0.717, 1.165) is 12.1 Å². The molecular formula is C13H9F3N2O2. The Bertz CT molecular complexity index is 607. The highest BCUT2D eigenvalue weighted by atomic mass is 19.4. The maximum atomic E-state index is 12.4. The molecule has 2 N–H and O–H groups in total. The van der Waals surface area contributed by atoms with Crippen LogP contribution in [-0.2, 0) is 6.18 Å².